The summed E-state index contributed by atoms with van der Waals surface area (Å²) in [5, 5.41) is 0. The number of halogens is 1. The SMILES string of the molecule is CCOc1ccc(Br)cc1C(=O)C=CN1CCC[C@H]1CN1CCCC1. The first kappa shape index (κ1) is 18.5. The Bertz CT molecular complexity index is 626. The summed E-state index contributed by atoms with van der Waals surface area (Å²) < 4.78 is 6.49. The molecule has 5 heteroatoms. The summed E-state index contributed by atoms with van der Waals surface area (Å²) in [7, 11) is 0. The molecule has 25 heavy (non-hydrogen) atoms. The lowest BCUT2D eigenvalue weighted by Crippen LogP contribution is -2.36. The van der Waals surface area contributed by atoms with Crippen LogP contribution >= 0.6 is 15.9 Å². The molecule has 2 aliphatic rings. The van der Waals surface area contributed by atoms with Gasteiger partial charge in [0, 0.05) is 35.9 Å². The van der Waals surface area contributed by atoms with Gasteiger partial charge in [0.05, 0.1) is 12.2 Å². The number of benzene rings is 1. The molecule has 2 heterocycles. The van der Waals surface area contributed by atoms with Crippen LogP contribution in [0.15, 0.2) is 34.9 Å². The zero-order valence-electron chi connectivity index (χ0n) is 14.9. The average Bonchev–Trinajstić information content (AvgIpc) is 3.27. The highest BCUT2D eigenvalue weighted by Crippen LogP contribution is 2.25. The number of nitrogens with zero attached hydrogens (tertiary/aromatic N) is 2. The van der Waals surface area contributed by atoms with Crippen molar-refractivity contribution in [3.05, 3.63) is 40.5 Å². The number of likely N-dealkylation sites (tertiary alicyclic amines) is 2. The van der Waals surface area contributed by atoms with Crippen LogP contribution < -0.4 is 4.74 Å². The molecule has 1 atom stereocenters. The van der Waals surface area contributed by atoms with Crippen LogP contribution in [-0.4, -0.2) is 54.4 Å². The predicted molar refractivity (Wildman–Crippen MR) is 104 cm³/mol. The van der Waals surface area contributed by atoms with Gasteiger partial charge in [-0.05, 0) is 63.9 Å². The first-order valence-corrected chi connectivity index (χ1v) is 10.1. The highest BCUT2D eigenvalue weighted by molar-refractivity contribution is 9.10. The number of ether oxygens (including phenoxy) is 1. The van der Waals surface area contributed by atoms with Crippen molar-refractivity contribution >= 4 is 21.7 Å². The molecule has 0 spiro atoms. The van der Waals surface area contributed by atoms with Gasteiger partial charge in [-0.1, -0.05) is 15.9 Å². The molecule has 0 saturated carbocycles. The van der Waals surface area contributed by atoms with Gasteiger partial charge >= 0.3 is 0 Å². The lowest BCUT2D eigenvalue weighted by Gasteiger charge is -2.27. The molecule has 1 aromatic carbocycles. The number of rotatable bonds is 7. The maximum Gasteiger partial charge on any atom is 0.191 e. The lowest BCUT2D eigenvalue weighted by atomic mass is 10.1. The Kier molecular flexibility index (Phi) is 6.54. The Balaban J connectivity index is 1.66. The van der Waals surface area contributed by atoms with Crippen molar-refractivity contribution in [2.24, 2.45) is 0 Å². The molecule has 2 aliphatic heterocycles. The molecule has 0 bridgehead atoms. The summed E-state index contributed by atoms with van der Waals surface area (Å²) in [6, 6.07) is 6.12. The third-order valence-electron chi connectivity index (χ3n) is 5.01. The highest BCUT2D eigenvalue weighted by atomic mass is 79.9. The Morgan fingerprint density at radius 3 is 2.84 bits per heavy atom. The van der Waals surface area contributed by atoms with Gasteiger partial charge < -0.3 is 14.5 Å². The van der Waals surface area contributed by atoms with Crippen molar-refractivity contribution < 1.29 is 9.53 Å². The van der Waals surface area contributed by atoms with Crippen LogP contribution in [0.1, 0.15) is 43.0 Å². The molecular weight excluding hydrogens is 380 g/mol. The molecule has 0 aliphatic carbocycles. The Morgan fingerprint density at radius 1 is 1.28 bits per heavy atom. The molecule has 3 rings (SSSR count). The maximum atomic E-state index is 12.7. The maximum absolute atomic E-state index is 12.7. The van der Waals surface area contributed by atoms with Gasteiger partial charge in [0.1, 0.15) is 5.75 Å². The topological polar surface area (TPSA) is 32.8 Å². The Labute approximate surface area is 159 Å². The van der Waals surface area contributed by atoms with Gasteiger partial charge in [-0.15, -0.1) is 0 Å². The van der Waals surface area contributed by atoms with Gasteiger partial charge in [-0.2, -0.15) is 0 Å². The summed E-state index contributed by atoms with van der Waals surface area (Å²) in [5.41, 5.74) is 0.614. The molecule has 0 radical (unpaired) electrons. The van der Waals surface area contributed by atoms with Gasteiger partial charge in [-0.25, -0.2) is 0 Å². The summed E-state index contributed by atoms with van der Waals surface area (Å²) in [6.07, 6.45) is 8.77. The van der Waals surface area contributed by atoms with Crippen molar-refractivity contribution in [3.8, 4) is 5.75 Å². The highest BCUT2D eigenvalue weighted by Gasteiger charge is 2.25. The van der Waals surface area contributed by atoms with Crippen molar-refractivity contribution in [1.29, 1.82) is 0 Å². The second-order valence-corrected chi connectivity index (χ2v) is 7.71. The fourth-order valence-electron chi connectivity index (χ4n) is 3.74. The molecule has 1 aromatic rings. The van der Waals surface area contributed by atoms with Crippen LogP contribution in [0, 0.1) is 0 Å². The largest absolute Gasteiger partial charge is 0.493 e. The van der Waals surface area contributed by atoms with Crippen molar-refractivity contribution in [2.45, 2.75) is 38.6 Å². The van der Waals surface area contributed by atoms with E-state index in [-0.39, 0.29) is 5.78 Å². The fourth-order valence-corrected chi connectivity index (χ4v) is 4.10. The van der Waals surface area contributed by atoms with Crippen molar-refractivity contribution in [3.63, 3.8) is 0 Å². The first-order valence-electron chi connectivity index (χ1n) is 9.30. The van der Waals surface area contributed by atoms with E-state index in [0.29, 0.717) is 24.0 Å². The Morgan fingerprint density at radius 2 is 2.08 bits per heavy atom. The first-order chi connectivity index (χ1) is 12.2. The zero-order valence-corrected chi connectivity index (χ0v) is 16.5. The third kappa shape index (κ3) is 4.85. The van der Waals surface area contributed by atoms with Gasteiger partial charge in [0.25, 0.3) is 0 Å². The minimum absolute atomic E-state index is 0.00317. The summed E-state index contributed by atoms with van der Waals surface area (Å²) >= 11 is 3.44. The normalized spacial score (nSPS) is 21.4. The van der Waals surface area contributed by atoms with Crippen molar-refractivity contribution in [2.75, 3.05) is 32.8 Å². The van der Waals surface area contributed by atoms with Crippen LogP contribution in [0.2, 0.25) is 0 Å². The molecule has 0 amide bonds. The number of carbonyl (C=O) groups is 1. The monoisotopic (exact) mass is 406 g/mol. The van der Waals surface area contributed by atoms with E-state index in [9.17, 15) is 4.79 Å². The minimum Gasteiger partial charge on any atom is -0.493 e. The zero-order chi connectivity index (χ0) is 17.6. The van der Waals surface area contributed by atoms with Gasteiger partial charge in [-0.3, -0.25) is 4.79 Å². The van der Waals surface area contributed by atoms with E-state index < -0.39 is 0 Å². The molecule has 0 N–H and O–H groups in total. The number of hydrogen-bond acceptors (Lipinski definition) is 4. The van der Waals surface area contributed by atoms with Gasteiger partial charge in [0.2, 0.25) is 0 Å². The van der Waals surface area contributed by atoms with E-state index in [1.54, 1.807) is 6.08 Å². The van der Waals surface area contributed by atoms with Crippen LogP contribution in [0.25, 0.3) is 0 Å². The average molecular weight is 407 g/mol. The van der Waals surface area contributed by atoms with E-state index in [0.717, 1.165) is 17.6 Å². The van der Waals surface area contributed by atoms with Crippen LogP contribution in [0.3, 0.4) is 0 Å². The minimum atomic E-state index is -0.00317. The molecule has 0 unspecified atom stereocenters. The molecular formula is C20H27BrN2O2. The Hall–Kier alpha value is -1.33. The molecule has 136 valence electrons. The number of ketones is 1. The molecule has 2 fully saturated rings. The fraction of sp³-hybridized carbons (Fsp3) is 0.550. The number of carbonyl (C=O) groups excluding carboxylic acids is 1. The van der Waals surface area contributed by atoms with E-state index in [1.165, 1.54) is 38.8 Å². The smallest absolute Gasteiger partial charge is 0.191 e. The third-order valence-corrected chi connectivity index (χ3v) is 5.51. The summed E-state index contributed by atoms with van der Waals surface area (Å²) in [6.45, 7) is 7.10. The summed E-state index contributed by atoms with van der Waals surface area (Å²) in [5.74, 6) is 0.645. The quantitative estimate of drug-likeness (QED) is 0.503. The van der Waals surface area contributed by atoms with Crippen LogP contribution in [-0.2, 0) is 0 Å². The van der Waals surface area contributed by atoms with E-state index in [2.05, 4.69) is 25.7 Å². The van der Waals surface area contributed by atoms with Crippen molar-refractivity contribution in [1.82, 2.24) is 9.80 Å². The molecule has 4 nitrogen and oxygen atoms in total. The summed E-state index contributed by atoms with van der Waals surface area (Å²) in [4.78, 5) is 17.6. The molecule has 0 aromatic heterocycles. The van der Waals surface area contributed by atoms with E-state index in [1.807, 2.05) is 31.3 Å². The number of hydrogen-bond donors (Lipinski definition) is 0. The second-order valence-electron chi connectivity index (χ2n) is 6.80. The van der Waals surface area contributed by atoms with Crippen LogP contribution in [0.4, 0.5) is 0 Å². The van der Waals surface area contributed by atoms with E-state index in [4.69, 9.17) is 4.74 Å². The van der Waals surface area contributed by atoms with Gasteiger partial charge in [0.15, 0.2) is 5.78 Å². The second kappa shape index (κ2) is 8.86. The number of allylic oxidation sites excluding steroid dienone is 1. The van der Waals surface area contributed by atoms with E-state index >= 15 is 0 Å². The lowest BCUT2D eigenvalue weighted by molar-refractivity contribution is 0.104. The molecule has 2 saturated heterocycles. The predicted octanol–water partition coefficient (Wildman–Crippen LogP) is 4.10. The standard InChI is InChI=1S/C20H27BrN2O2/c1-2-25-20-8-7-16(21)14-18(20)19(24)9-13-23-12-5-6-17(23)15-22-10-3-4-11-22/h7-9,13-14,17H,2-6,10-12,15H2,1H3/t17-/m0/s1. The van der Waals surface area contributed by atoms with Crippen LogP contribution in [0.5, 0.6) is 5.75 Å².